The normalized spacial score (nSPS) is 43.2. The third kappa shape index (κ3) is 2.91. The molecule has 1 aliphatic carbocycles. The van der Waals surface area contributed by atoms with Gasteiger partial charge in [-0.2, -0.15) is 0 Å². The molecule has 0 spiro atoms. The zero-order valence-electron chi connectivity index (χ0n) is 13.6. The molecule has 3 aliphatic rings. The molecule has 3 rings (SSSR count). The predicted molar refractivity (Wildman–Crippen MR) is 81.0 cm³/mol. The highest BCUT2D eigenvalue weighted by Gasteiger charge is 2.62. The van der Waals surface area contributed by atoms with Gasteiger partial charge in [0, 0.05) is 19.4 Å². The minimum absolute atomic E-state index is 0.00980. The lowest BCUT2D eigenvalue weighted by Gasteiger charge is -2.22. The van der Waals surface area contributed by atoms with Gasteiger partial charge in [-0.3, -0.25) is 9.59 Å². The lowest BCUT2D eigenvalue weighted by atomic mass is 9.80. The SMILES string of the molecule is CC(=O)NCC1C(=O)OC2C1CC/C(C)=C\CCC1(C)OC21. The fourth-order valence-corrected chi connectivity index (χ4v) is 3.83. The van der Waals surface area contributed by atoms with E-state index in [1.807, 2.05) is 0 Å². The first-order valence-corrected chi connectivity index (χ1v) is 8.19. The van der Waals surface area contributed by atoms with Crippen LogP contribution in [0.2, 0.25) is 0 Å². The van der Waals surface area contributed by atoms with E-state index in [0.29, 0.717) is 6.54 Å². The fraction of sp³-hybridized carbons (Fsp3) is 0.765. The van der Waals surface area contributed by atoms with E-state index in [-0.39, 0.29) is 41.5 Å². The van der Waals surface area contributed by atoms with Gasteiger partial charge in [0.25, 0.3) is 0 Å². The molecule has 2 aliphatic heterocycles. The summed E-state index contributed by atoms with van der Waals surface area (Å²) >= 11 is 0. The number of hydrogen-bond donors (Lipinski definition) is 1. The molecule has 0 bridgehead atoms. The van der Waals surface area contributed by atoms with Crippen LogP contribution in [0.15, 0.2) is 11.6 Å². The first-order chi connectivity index (χ1) is 10.4. The van der Waals surface area contributed by atoms with Crippen molar-refractivity contribution in [2.45, 2.75) is 64.3 Å². The van der Waals surface area contributed by atoms with Gasteiger partial charge in [-0.1, -0.05) is 11.6 Å². The van der Waals surface area contributed by atoms with Crippen LogP contribution in [-0.4, -0.2) is 36.2 Å². The second kappa shape index (κ2) is 5.69. The Kier molecular flexibility index (Phi) is 4.02. The van der Waals surface area contributed by atoms with Crippen molar-refractivity contribution in [1.82, 2.24) is 5.32 Å². The fourth-order valence-electron chi connectivity index (χ4n) is 3.83. The Morgan fingerprint density at radius 1 is 1.50 bits per heavy atom. The topological polar surface area (TPSA) is 67.9 Å². The molecule has 0 saturated carbocycles. The van der Waals surface area contributed by atoms with E-state index in [4.69, 9.17) is 9.47 Å². The van der Waals surface area contributed by atoms with E-state index in [0.717, 1.165) is 25.7 Å². The molecule has 0 aromatic carbocycles. The van der Waals surface area contributed by atoms with E-state index >= 15 is 0 Å². The number of hydrogen-bond acceptors (Lipinski definition) is 4. The summed E-state index contributed by atoms with van der Waals surface area (Å²) in [6.07, 6.45) is 5.98. The van der Waals surface area contributed by atoms with Crippen molar-refractivity contribution in [3.63, 3.8) is 0 Å². The second-order valence-electron chi connectivity index (χ2n) is 7.09. The summed E-state index contributed by atoms with van der Waals surface area (Å²) in [4.78, 5) is 23.4. The third-order valence-corrected chi connectivity index (χ3v) is 5.31. The molecule has 122 valence electrons. The third-order valence-electron chi connectivity index (χ3n) is 5.31. The van der Waals surface area contributed by atoms with Crippen LogP contribution >= 0.6 is 0 Å². The molecule has 5 unspecified atom stereocenters. The van der Waals surface area contributed by atoms with Crippen LogP contribution in [0.4, 0.5) is 0 Å². The van der Waals surface area contributed by atoms with Gasteiger partial charge >= 0.3 is 5.97 Å². The van der Waals surface area contributed by atoms with Crippen LogP contribution < -0.4 is 5.32 Å². The predicted octanol–water partition coefficient (Wildman–Crippen LogP) is 1.96. The largest absolute Gasteiger partial charge is 0.459 e. The van der Waals surface area contributed by atoms with Crippen molar-refractivity contribution in [2.75, 3.05) is 6.54 Å². The van der Waals surface area contributed by atoms with E-state index in [1.165, 1.54) is 12.5 Å². The first kappa shape index (κ1) is 15.5. The van der Waals surface area contributed by atoms with Crippen molar-refractivity contribution in [3.8, 4) is 0 Å². The summed E-state index contributed by atoms with van der Waals surface area (Å²) in [6, 6.07) is 0. The van der Waals surface area contributed by atoms with Gasteiger partial charge in [0.2, 0.25) is 5.91 Å². The number of carbonyl (C=O) groups excluding carboxylic acids is 2. The number of allylic oxidation sites excluding steroid dienone is 2. The zero-order valence-corrected chi connectivity index (χ0v) is 13.6. The Labute approximate surface area is 131 Å². The van der Waals surface area contributed by atoms with E-state index < -0.39 is 0 Å². The van der Waals surface area contributed by atoms with Gasteiger partial charge < -0.3 is 14.8 Å². The molecule has 2 fully saturated rings. The minimum atomic E-state index is -0.255. The van der Waals surface area contributed by atoms with Crippen LogP contribution in [0.3, 0.4) is 0 Å². The Morgan fingerprint density at radius 3 is 3.00 bits per heavy atom. The quantitative estimate of drug-likeness (QED) is 0.481. The van der Waals surface area contributed by atoms with Gasteiger partial charge in [-0.05, 0) is 39.5 Å². The van der Waals surface area contributed by atoms with Crippen molar-refractivity contribution < 1.29 is 19.1 Å². The maximum atomic E-state index is 12.3. The summed E-state index contributed by atoms with van der Waals surface area (Å²) in [5.41, 5.74) is 1.19. The van der Waals surface area contributed by atoms with Crippen molar-refractivity contribution in [3.05, 3.63) is 11.6 Å². The Balaban J connectivity index is 1.79. The highest BCUT2D eigenvalue weighted by molar-refractivity contribution is 5.78. The van der Waals surface area contributed by atoms with Crippen LogP contribution in [0, 0.1) is 11.8 Å². The van der Waals surface area contributed by atoms with Crippen molar-refractivity contribution >= 4 is 11.9 Å². The number of epoxide rings is 1. The zero-order chi connectivity index (χ0) is 15.9. The van der Waals surface area contributed by atoms with Crippen LogP contribution in [0.1, 0.15) is 46.5 Å². The Hall–Kier alpha value is -1.36. The molecule has 0 radical (unpaired) electrons. The number of carbonyl (C=O) groups is 2. The number of esters is 1. The van der Waals surface area contributed by atoms with E-state index in [9.17, 15) is 9.59 Å². The molecule has 5 nitrogen and oxygen atoms in total. The number of fused-ring (bicyclic) bond motifs is 3. The maximum Gasteiger partial charge on any atom is 0.311 e. The maximum absolute atomic E-state index is 12.3. The van der Waals surface area contributed by atoms with Gasteiger partial charge in [-0.25, -0.2) is 0 Å². The van der Waals surface area contributed by atoms with E-state index in [1.54, 1.807) is 0 Å². The molecule has 0 aromatic heterocycles. The van der Waals surface area contributed by atoms with Crippen LogP contribution in [0.25, 0.3) is 0 Å². The van der Waals surface area contributed by atoms with Crippen LogP contribution in [0.5, 0.6) is 0 Å². The van der Waals surface area contributed by atoms with E-state index in [2.05, 4.69) is 25.2 Å². The summed E-state index contributed by atoms with van der Waals surface area (Å²) in [5, 5.41) is 2.77. The Morgan fingerprint density at radius 2 is 2.27 bits per heavy atom. The molecule has 0 aromatic rings. The molecule has 1 N–H and O–H groups in total. The molecule has 2 saturated heterocycles. The molecule has 1 amide bonds. The van der Waals surface area contributed by atoms with Crippen molar-refractivity contribution in [1.29, 1.82) is 0 Å². The summed E-state index contributed by atoms with van der Waals surface area (Å²) < 4.78 is 11.6. The molecule has 22 heavy (non-hydrogen) atoms. The molecule has 5 heteroatoms. The summed E-state index contributed by atoms with van der Waals surface area (Å²) in [6.45, 7) is 6.08. The molecule has 5 atom stereocenters. The smallest absolute Gasteiger partial charge is 0.311 e. The lowest BCUT2D eigenvalue weighted by Crippen LogP contribution is -2.35. The summed E-state index contributed by atoms with van der Waals surface area (Å²) in [7, 11) is 0. The van der Waals surface area contributed by atoms with Gasteiger partial charge in [0.1, 0.15) is 12.2 Å². The molecular formula is C17H25NO4. The number of nitrogens with one attached hydrogen (secondary N) is 1. The van der Waals surface area contributed by atoms with Gasteiger partial charge in [0.15, 0.2) is 0 Å². The molecule has 2 heterocycles. The highest BCUT2D eigenvalue weighted by Crippen LogP contribution is 2.50. The number of rotatable bonds is 2. The minimum Gasteiger partial charge on any atom is -0.459 e. The second-order valence-corrected chi connectivity index (χ2v) is 7.09. The monoisotopic (exact) mass is 307 g/mol. The lowest BCUT2D eigenvalue weighted by molar-refractivity contribution is -0.144. The average molecular weight is 307 g/mol. The number of ether oxygens (including phenoxy) is 2. The van der Waals surface area contributed by atoms with Gasteiger partial charge in [-0.15, -0.1) is 0 Å². The standard InChI is InChI=1S/C17H25NO4/c1-10-5-4-8-17(3)15(22-17)14-12(7-6-10)13(16(20)21-14)9-18-11(2)19/h5,12-15H,4,6-9H2,1-3H3,(H,18,19)/b10-5-. The summed E-state index contributed by atoms with van der Waals surface area (Å²) in [5.74, 6) is -0.440. The highest BCUT2D eigenvalue weighted by atomic mass is 16.6. The van der Waals surface area contributed by atoms with Crippen LogP contribution in [-0.2, 0) is 19.1 Å². The Bertz CT molecular complexity index is 515. The average Bonchev–Trinajstić information content (AvgIpc) is 3.00. The van der Waals surface area contributed by atoms with Crippen molar-refractivity contribution in [2.24, 2.45) is 11.8 Å². The number of amides is 1. The van der Waals surface area contributed by atoms with Gasteiger partial charge in [0.05, 0.1) is 11.5 Å². The first-order valence-electron chi connectivity index (χ1n) is 8.19. The molecular weight excluding hydrogens is 282 g/mol.